The van der Waals surface area contributed by atoms with E-state index in [4.69, 9.17) is 16.3 Å². The fourth-order valence-corrected chi connectivity index (χ4v) is 4.40. The Morgan fingerprint density at radius 3 is 2.30 bits per heavy atom. The minimum atomic E-state index is -4.48. The zero-order valence-corrected chi connectivity index (χ0v) is 21.5. The van der Waals surface area contributed by atoms with Gasteiger partial charge in [-0.2, -0.15) is 13.2 Å². The van der Waals surface area contributed by atoms with Gasteiger partial charge in [0.25, 0.3) is 5.91 Å². The minimum Gasteiger partial charge on any atom is -0.469 e. The van der Waals surface area contributed by atoms with E-state index in [1.807, 2.05) is 0 Å². The molecule has 0 atom stereocenters. The van der Waals surface area contributed by atoms with E-state index in [-0.39, 0.29) is 41.0 Å². The summed E-state index contributed by atoms with van der Waals surface area (Å²) in [6.45, 7) is 2.80. The number of aromatic nitrogens is 2. The van der Waals surface area contributed by atoms with Crippen molar-refractivity contribution >= 4 is 23.5 Å². The first-order valence-corrected chi connectivity index (χ1v) is 12.2. The van der Waals surface area contributed by atoms with Crippen LogP contribution in [0.1, 0.15) is 66.8 Å². The molecule has 1 aliphatic carbocycles. The van der Waals surface area contributed by atoms with Gasteiger partial charge in [0, 0.05) is 6.54 Å². The molecule has 0 saturated heterocycles. The first kappa shape index (κ1) is 28.5. The number of halogens is 5. The van der Waals surface area contributed by atoms with E-state index in [2.05, 4.69) is 22.1 Å². The molecule has 0 spiro atoms. The zero-order valence-electron chi connectivity index (χ0n) is 20.7. The summed E-state index contributed by atoms with van der Waals surface area (Å²) in [5.74, 6) is 4.18. The lowest BCUT2D eigenvalue weighted by Gasteiger charge is -2.27. The van der Waals surface area contributed by atoms with Crippen molar-refractivity contribution in [3.8, 4) is 11.8 Å². The molecule has 6 nitrogen and oxygen atoms in total. The van der Waals surface area contributed by atoms with E-state index in [1.165, 1.54) is 37.7 Å². The molecule has 37 heavy (non-hydrogen) atoms. The molecule has 1 aromatic heterocycles. The third-order valence-corrected chi connectivity index (χ3v) is 6.46. The second-order valence-corrected chi connectivity index (χ2v) is 9.87. The highest BCUT2D eigenvalue weighted by molar-refractivity contribution is 6.29. The van der Waals surface area contributed by atoms with Gasteiger partial charge in [0.15, 0.2) is 5.67 Å². The number of amides is 1. The van der Waals surface area contributed by atoms with Gasteiger partial charge in [0.05, 0.1) is 25.1 Å². The summed E-state index contributed by atoms with van der Waals surface area (Å²) in [5.41, 5.74) is -2.24. The summed E-state index contributed by atoms with van der Waals surface area (Å²) in [6, 6.07) is 4.46. The molecule has 0 bridgehead atoms. The van der Waals surface area contributed by atoms with Crippen molar-refractivity contribution in [2.75, 3.05) is 13.7 Å². The number of esters is 1. The Hall–Kier alpha value is -3.06. The predicted molar refractivity (Wildman–Crippen MR) is 130 cm³/mol. The van der Waals surface area contributed by atoms with E-state index in [0.717, 1.165) is 25.0 Å². The molecule has 1 fully saturated rings. The predicted octanol–water partition coefficient (Wildman–Crippen LogP) is 5.41. The third-order valence-electron chi connectivity index (χ3n) is 6.17. The Morgan fingerprint density at radius 1 is 1.14 bits per heavy atom. The topological polar surface area (TPSA) is 73.2 Å². The number of methoxy groups -OCH3 is 1. The van der Waals surface area contributed by atoms with Gasteiger partial charge in [-0.3, -0.25) is 9.59 Å². The molecule has 1 aromatic carbocycles. The van der Waals surface area contributed by atoms with Crippen molar-refractivity contribution in [1.82, 2.24) is 14.9 Å². The standard InChI is InChI=1S/C26H28ClF4N3O3/c1-25(2,28)13-12-20-21(22(35)32-14-16-4-8-18(9-5-16)23(36)37-3)34(24(27)33-20)15-17-6-10-19(11-7-17)26(29,30)31/h6-7,10-11,16,18H,4-5,8-9,14-15H2,1-3H3,(H,32,35)/t16-,18-. The number of carbonyl (C=O) groups is 2. The highest BCUT2D eigenvalue weighted by Crippen LogP contribution is 2.30. The van der Waals surface area contributed by atoms with Gasteiger partial charge in [-0.05, 0) is 80.7 Å². The van der Waals surface area contributed by atoms with Crippen LogP contribution in [0.4, 0.5) is 17.6 Å². The number of rotatable bonds is 6. The summed E-state index contributed by atoms with van der Waals surface area (Å²) in [5, 5.41) is 2.74. The summed E-state index contributed by atoms with van der Waals surface area (Å²) < 4.78 is 58.9. The number of hydrogen-bond acceptors (Lipinski definition) is 4. The van der Waals surface area contributed by atoms with Crippen molar-refractivity contribution < 1.29 is 31.9 Å². The van der Waals surface area contributed by atoms with E-state index >= 15 is 0 Å². The molecular formula is C26H28ClF4N3O3. The Kier molecular flexibility index (Phi) is 8.90. The molecule has 1 amide bonds. The third kappa shape index (κ3) is 7.71. The van der Waals surface area contributed by atoms with Gasteiger partial charge in [0.1, 0.15) is 11.4 Å². The van der Waals surface area contributed by atoms with E-state index in [0.29, 0.717) is 24.9 Å². The maximum absolute atomic E-state index is 14.0. The molecular weight excluding hydrogens is 514 g/mol. The van der Waals surface area contributed by atoms with Gasteiger partial charge in [0.2, 0.25) is 5.28 Å². The normalized spacial score (nSPS) is 18.1. The van der Waals surface area contributed by atoms with Crippen LogP contribution in [0.2, 0.25) is 5.28 Å². The lowest BCUT2D eigenvalue weighted by atomic mass is 9.82. The molecule has 1 aliphatic rings. The minimum absolute atomic E-state index is 0.00936. The van der Waals surface area contributed by atoms with Crippen LogP contribution in [0.5, 0.6) is 0 Å². The molecule has 0 radical (unpaired) electrons. The van der Waals surface area contributed by atoms with Crippen molar-refractivity contribution in [3.63, 3.8) is 0 Å². The average Bonchev–Trinajstić information content (AvgIpc) is 3.15. The van der Waals surface area contributed by atoms with Crippen molar-refractivity contribution in [2.45, 2.75) is 57.9 Å². The summed E-state index contributed by atoms with van der Waals surface area (Å²) >= 11 is 6.29. The monoisotopic (exact) mass is 541 g/mol. The van der Waals surface area contributed by atoms with Gasteiger partial charge < -0.3 is 14.6 Å². The van der Waals surface area contributed by atoms with Crippen LogP contribution < -0.4 is 5.32 Å². The van der Waals surface area contributed by atoms with Gasteiger partial charge in [-0.15, -0.1) is 0 Å². The fraction of sp³-hybridized carbons (Fsp3) is 0.500. The van der Waals surface area contributed by atoms with Crippen LogP contribution in [0, 0.1) is 23.7 Å². The highest BCUT2D eigenvalue weighted by atomic mass is 35.5. The van der Waals surface area contributed by atoms with Crippen LogP contribution in [0.25, 0.3) is 0 Å². The summed E-state index contributed by atoms with van der Waals surface area (Å²) in [4.78, 5) is 29.1. The second kappa shape index (κ2) is 11.5. The van der Waals surface area contributed by atoms with Crippen molar-refractivity contribution in [2.24, 2.45) is 11.8 Å². The Labute approximate surface area is 217 Å². The lowest BCUT2D eigenvalue weighted by molar-refractivity contribution is -0.146. The smallest absolute Gasteiger partial charge is 0.416 e. The molecule has 1 N–H and O–H groups in total. The Morgan fingerprint density at radius 2 is 1.76 bits per heavy atom. The Balaban J connectivity index is 1.82. The van der Waals surface area contributed by atoms with Gasteiger partial charge >= 0.3 is 12.1 Å². The van der Waals surface area contributed by atoms with Gasteiger partial charge in [-0.25, -0.2) is 9.37 Å². The number of hydrogen-bond donors (Lipinski definition) is 1. The first-order valence-electron chi connectivity index (χ1n) is 11.8. The molecule has 1 saturated carbocycles. The van der Waals surface area contributed by atoms with Crippen molar-refractivity contribution in [3.05, 3.63) is 52.1 Å². The second-order valence-electron chi connectivity index (χ2n) is 9.53. The zero-order chi connectivity index (χ0) is 27.4. The SMILES string of the molecule is COC(=O)[C@H]1CC[C@H](CNC(=O)c2c(C#CC(C)(C)F)nc(Cl)n2Cc2ccc(C(F)(F)F)cc2)CC1. The number of alkyl halides is 4. The molecule has 2 aromatic rings. The first-order chi connectivity index (χ1) is 17.3. The van der Waals surface area contributed by atoms with E-state index in [9.17, 15) is 27.2 Å². The van der Waals surface area contributed by atoms with Crippen LogP contribution >= 0.6 is 11.6 Å². The lowest BCUT2D eigenvalue weighted by Crippen LogP contribution is -2.34. The van der Waals surface area contributed by atoms with Crippen LogP contribution in [0.3, 0.4) is 0 Å². The fourth-order valence-electron chi connectivity index (χ4n) is 4.17. The maximum Gasteiger partial charge on any atom is 0.416 e. The largest absolute Gasteiger partial charge is 0.469 e. The number of nitrogens with one attached hydrogen (secondary N) is 1. The number of ether oxygens (including phenoxy) is 1. The highest BCUT2D eigenvalue weighted by Gasteiger charge is 2.31. The quantitative estimate of drug-likeness (QED) is 0.301. The molecule has 11 heteroatoms. The molecule has 1 heterocycles. The summed E-state index contributed by atoms with van der Waals surface area (Å²) in [6.07, 6.45) is -1.70. The number of nitrogens with zero attached hydrogens (tertiary/aromatic N) is 2. The van der Waals surface area contributed by atoms with Crippen molar-refractivity contribution in [1.29, 1.82) is 0 Å². The molecule has 3 rings (SSSR count). The number of imidazole rings is 1. The number of benzene rings is 1. The maximum atomic E-state index is 14.0. The molecule has 0 aliphatic heterocycles. The summed E-state index contributed by atoms with van der Waals surface area (Å²) in [7, 11) is 1.36. The molecule has 200 valence electrons. The number of carbonyl (C=O) groups excluding carboxylic acids is 2. The average molecular weight is 542 g/mol. The Bertz CT molecular complexity index is 1180. The molecule has 0 unspecified atom stereocenters. The van der Waals surface area contributed by atoms with Gasteiger partial charge in [-0.1, -0.05) is 18.1 Å². The van der Waals surface area contributed by atoms with Crippen LogP contribution in [-0.4, -0.2) is 40.8 Å². The van der Waals surface area contributed by atoms with E-state index in [1.54, 1.807) is 0 Å². The van der Waals surface area contributed by atoms with Crippen LogP contribution in [0.15, 0.2) is 24.3 Å². The van der Waals surface area contributed by atoms with E-state index < -0.39 is 23.3 Å². The van der Waals surface area contributed by atoms with Crippen LogP contribution in [-0.2, 0) is 22.3 Å².